The molecular formula is C17H17NO. The Balaban J connectivity index is 1.92. The highest BCUT2D eigenvalue weighted by Gasteiger charge is 2.07. The van der Waals surface area contributed by atoms with Gasteiger partial charge in [0, 0.05) is 18.6 Å². The van der Waals surface area contributed by atoms with E-state index in [1.807, 2.05) is 18.2 Å². The zero-order chi connectivity index (χ0) is 13.2. The van der Waals surface area contributed by atoms with E-state index < -0.39 is 0 Å². The molecule has 0 bridgehead atoms. The molecule has 96 valence electrons. The summed E-state index contributed by atoms with van der Waals surface area (Å²) in [5.74, 6) is 0.949. The van der Waals surface area contributed by atoms with E-state index in [-0.39, 0.29) is 0 Å². The van der Waals surface area contributed by atoms with Gasteiger partial charge in [0.15, 0.2) is 0 Å². The minimum absolute atomic E-state index is 0.605. The van der Waals surface area contributed by atoms with Gasteiger partial charge in [-0.25, -0.2) is 0 Å². The molecule has 0 fully saturated rings. The lowest BCUT2D eigenvalue weighted by molar-refractivity contribution is 0.310. The number of aryl methyl sites for hydroxylation is 2. The van der Waals surface area contributed by atoms with Crippen LogP contribution in [0.2, 0.25) is 0 Å². The van der Waals surface area contributed by atoms with Crippen LogP contribution in [0.3, 0.4) is 0 Å². The van der Waals surface area contributed by atoms with Crippen molar-refractivity contribution in [2.45, 2.75) is 13.5 Å². The summed E-state index contributed by atoms with van der Waals surface area (Å²) >= 11 is 0. The van der Waals surface area contributed by atoms with Crippen molar-refractivity contribution in [2.75, 3.05) is 0 Å². The molecule has 1 heterocycles. The maximum atomic E-state index is 5.96. The van der Waals surface area contributed by atoms with Crippen molar-refractivity contribution in [1.82, 2.24) is 4.57 Å². The standard InChI is InChI=1S/C17H17NO/c1-13-8-9-16(15-10-11-18(2)17(13)15)19-12-14-6-4-3-5-7-14/h3-11H,12H2,1-2H3. The minimum Gasteiger partial charge on any atom is -0.488 e. The predicted molar refractivity (Wildman–Crippen MR) is 78.4 cm³/mol. The zero-order valence-electron chi connectivity index (χ0n) is 11.3. The molecule has 3 aromatic rings. The van der Waals surface area contributed by atoms with Crippen LogP contribution >= 0.6 is 0 Å². The minimum atomic E-state index is 0.605. The third kappa shape index (κ3) is 2.22. The Kier molecular flexibility index (Phi) is 3.00. The maximum absolute atomic E-state index is 5.96. The van der Waals surface area contributed by atoms with Gasteiger partial charge in [0.25, 0.3) is 0 Å². The molecule has 0 saturated heterocycles. The van der Waals surface area contributed by atoms with E-state index in [0.29, 0.717) is 6.61 Å². The van der Waals surface area contributed by atoms with Crippen LogP contribution in [0.1, 0.15) is 11.1 Å². The van der Waals surface area contributed by atoms with E-state index in [1.54, 1.807) is 0 Å². The summed E-state index contributed by atoms with van der Waals surface area (Å²) in [5, 5.41) is 1.18. The molecule has 2 aromatic carbocycles. The van der Waals surface area contributed by atoms with Crippen molar-refractivity contribution in [3.63, 3.8) is 0 Å². The summed E-state index contributed by atoms with van der Waals surface area (Å²) in [6, 6.07) is 16.5. The lowest BCUT2D eigenvalue weighted by atomic mass is 10.1. The molecule has 2 nitrogen and oxygen atoms in total. The summed E-state index contributed by atoms with van der Waals surface area (Å²) in [6.45, 7) is 2.73. The molecule has 3 rings (SSSR count). The summed E-state index contributed by atoms with van der Waals surface area (Å²) in [7, 11) is 2.07. The van der Waals surface area contributed by atoms with E-state index >= 15 is 0 Å². The zero-order valence-corrected chi connectivity index (χ0v) is 11.3. The Hall–Kier alpha value is -2.22. The maximum Gasteiger partial charge on any atom is 0.129 e. The lowest BCUT2D eigenvalue weighted by Crippen LogP contribution is -1.96. The summed E-state index contributed by atoms with van der Waals surface area (Å²) in [4.78, 5) is 0. The number of nitrogens with zero attached hydrogens (tertiary/aromatic N) is 1. The number of ether oxygens (including phenoxy) is 1. The monoisotopic (exact) mass is 251 g/mol. The SMILES string of the molecule is Cc1ccc(OCc2ccccc2)c2ccn(C)c12. The Morgan fingerprint density at radius 3 is 2.58 bits per heavy atom. The second kappa shape index (κ2) is 4.81. The Morgan fingerprint density at radius 2 is 1.79 bits per heavy atom. The first kappa shape index (κ1) is 11.8. The molecular weight excluding hydrogens is 234 g/mol. The third-order valence-electron chi connectivity index (χ3n) is 3.43. The van der Waals surface area contributed by atoms with E-state index in [0.717, 1.165) is 5.75 Å². The molecule has 0 N–H and O–H groups in total. The molecule has 2 heteroatoms. The first-order chi connectivity index (χ1) is 9.25. The number of aromatic nitrogens is 1. The van der Waals surface area contributed by atoms with Crippen LogP contribution < -0.4 is 4.74 Å². The largest absolute Gasteiger partial charge is 0.488 e. The molecule has 0 radical (unpaired) electrons. The molecule has 19 heavy (non-hydrogen) atoms. The molecule has 1 aromatic heterocycles. The van der Waals surface area contributed by atoms with Crippen molar-refractivity contribution in [2.24, 2.45) is 7.05 Å². The molecule has 0 atom stereocenters. The summed E-state index contributed by atoms with van der Waals surface area (Å²) in [6.07, 6.45) is 2.08. The number of benzene rings is 2. The fourth-order valence-corrected chi connectivity index (χ4v) is 2.45. The van der Waals surface area contributed by atoms with Crippen LogP contribution in [-0.2, 0) is 13.7 Å². The average Bonchev–Trinajstić information content (AvgIpc) is 2.83. The lowest BCUT2D eigenvalue weighted by Gasteiger charge is -2.09. The third-order valence-corrected chi connectivity index (χ3v) is 3.43. The first-order valence-corrected chi connectivity index (χ1v) is 6.47. The highest BCUT2D eigenvalue weighted by molar-refractivity contribution is 5.89. The van der Waals surface area contributed by atoms with Gasteiger partial charge >= 0.3 is 0 Å². The molecule has 0 aliphatic carbocycles. The smallest absolute Gasteiger partial charge is 0.129 e. The van der Waals surface area contributed by atoms with Crippen LogP contribution in [0.25, 0.3) is 10.9 Å². The van der Waals surface area contributed by atoms with Crippen LogP contribution in [0, 0.1) is 6.92 Å². The number of rotatable bonds is 3. The van der Waals surface area contributed by atoms with E-state index in [9.17, 15) is 0 Å². The Bertz CT molecular complexity index is 698. The Labute approximate surface area is 113 Å². The van der Waals surface area contributed by atoms with Gasteiger partial charge < -0.3 is 9.30 Å². The number of hydrogen-bond acceptors (Lipinski definition) is 1. The quantitative estimate of drug-likeness (QED) is 0.684. The highest BCUT2D eigenvalue weighted by atomic mass is 16.5. The van der Waals surface area contributed by atoms with Gasteiger partial charge in [0.05, 0.1) is 5.52 Å². The molecule has 0 unspecified atom stereocenters. The van der Waals surface area contributed by atoms with Gasteiger partial charge in [-0.05, 0) is 30.2 Å². The first-order valence-electron chi connectivity index (χ1n) is 6.47. The van der Waals surface area contributed by atoms with Crippen LogP contribution in [-0.4, -0.2) is 4.57 Å². The predicted octanol–water partition coefficient (Wildman–Crippen LogP) is 4.07. The topological polar surface area (TPSA) is 14.2 Å². The van der Waals surface area contributed by atoms with E-state index in [4.69, 9.17) is 4.74 Å². The van der Waals surface area contributed by atoms with Crippen molar-refractivity contribution >= 4 is 10.9 Å². The van der Waals surface area contributed by atoms with Crippen molar-refractivity contribution in [3.8, 4) is 5.75 Å². The van der Waals surface area contributed by atoms with Crippen molar-refractivity contribution < 1.29 is 4.74 Å². The van der Waals surface area contributed by atoms with Crippen LogP contribution in [0.5, 0.6) is 5.75 Å². The molecule has 0 aliphatic heterocycles. The Morgan fingerprint density at radius 1 is 1.00 bits per heavy atom. The molecule has 0 amide bonds. The summed E-state index contributed by atoms with van der Waals surface area (Å²) < 4.78 is 8.10. The average molecular weight is 251 g/mol. The number of fused-ring (bicyclic) bond motifs is 1. The van der Waals surface area contributed by atoms with Gasteiger partial charge in [-0.15, -0.1) is 0 Å². The number of hydrogen-bond donors (Lipinski definition) is 0. The summed E-state index contributed by atoms with van der Waals surface area (Å²) in [5.41, 5.74) is 3.70. The second-order valence-electron chi connectivity index (χ2n) is 4.84. The highest BCUT2D eigenvalue weighted by Crippen LogP contribution is 2.29. The molecule has 0 aliphatic rings. The molecule has 0 spiro atoms. The van der Waals surface area contributed by atoms with E-state index in [1.165, 1.54) is 22.0 Å². The van der Waals surface area contributed by atoms with Crippen molar-refractivity contribution in [3.05, 3.63) is 65.9 Å². The van der Waals surface area contributed by atoms with Crippen LogP contribution in [0.15, 0.2) is 54.7 Å². The van der Waals surface area contributed by atoms with Gasteiger partial charge in [-0.3, -0.25) is 0 Å². The normalized spacial score (nSPS) is 10.8. The van der Waals surface area contributed by atoms with Gasteiger partial charge in [0.2, 0.25) is 0 Å². The molecule has 0 saturated carbocycles. The van der Waals surface area contributed by atoms with Crippen LogP contribution in [0.4, 0.5) is 0 Å². The van der Waals surface area contributed by atoms with Gasteiger partial charge in [-0.2, -0.15) is 0 Å². The fourth-order valence-electron chi connectivity index (χ4n) is 2.45. The fraction of sp³-hybridized carbons (Fsp3) is 0.176. The second-order valence-corrected chi connectivity index (χ2v) is 4.84. The van der Waals surface area contributed by atoms with Crippen molar-refractivity contribution in [1.29, 1.82) is 0 Å². The van der Waals surface area contributed by atoms with Gasteiger partial charge in [-0.1, -0.05) is 36.4 Å². The van der Waals surface area contributed by atoms with E-state index in [2.05, 4.69) is 55.1 Å². The van der Waals surface area contributed by atoms with Gasteiger partial charge in [0.1, 0.15) is 12.4 Å².